The van der Waals surface area contributed by atoms with Crippen LogP contribution in [0.25, 0.3) is 0 Å². The van der Waals surface area contributed by atoms with Gasteiger partial charge in [0.15, 0.2) is 0 Å². The molecule has 0 aromatic heterocycles. The minimum atomic E-state index is -0.442. The Bertz CT molecular complexity index is 436. The first kappa shape index (κ1) is 17.3. The third-order valence-electron chi connectivity index (χ3n) is 3.88. The molecule has 0 aliphatic heterocycles. The fraction of sp³-hybridized carbons (Fsp3) is 0.588. The molecule has 0 bridgehead atoms. The molecule has 2 nitrogen and oxygen atoms in total. The van der Waals surface area contributed by atoms with Crippen molar-refractivity contribution in [2.24, 2.45) is 11.3 Å². The number of hydrogen-bond acceptors (Lipinski definition) is 2. The normalized spacial score (nSPS) is 16.3. The van der Waals surface area contributed by atoms with Gasteiger partial charge >= 0.3 is 129 Å². The van der Waals surface area contributed by atoms with Gasteiger partial charge in [0.1, 0.15) is 0 Å². The van der Waals surface area contributed by atoms with Crippen LogP contribution in [-0.2, 0) is 9.53 Å². The summed E-state index contributed by atoms with van der Waals surface area (Å²) in [5.74, 6) is 0.181. The number of esters is 1. The Balaban J connectivity index is 3.10. The molecule has 112 valence electrons. The van der Waals surface area contributed by atoms with Crippen molar-refractivity contribution in [2.45, 2.75) is 45.9 Å². The van der Waals surface area contributed by atoms with Gasteiger partial charge in [0.05, 0.1) is 0 Å². The van der Waals surface area contributed by atoms with Crippen LogP contribution in [0.1, 0.15) is 41.5 Å². The molecule has 0 N–H and O–H groups in total. The van der Waals surface area contributed by atoms with Crippen LogP contribution in [0.2, 0.25) is 4.31 Å². The van der Waals surface area contributed by atoms with E-state index in [1.807, 2.05) is 25.1 Å². The Morgan fingerprint density at radius 3 is 2.20 bits per heavy atom. The van der Waals surface area contributed by atoms with E-state index in [0.29, 0.717) is 6.61 Å². The predicted molar refractivity (Wildman–Crippen MR) is 85.4 cm³/mol. The third-order valence-corrected chi connectivity index (χ3v) is 6.93. The van der Waals surface area contributed by atoms with Gasteiger partial charge in [0, 0.05) is 0 Å². The summed E-state index contributed by atoms with van der Waals surface area (Å²) >= 11 is 0.0488. The van der Waals surface area contributed by atoms with Gasteiger partial charge in [0.2, 0.25) is 0 Å². The van der Waals surface area contributed by atoms with Crippen molar-refractivity contribution in [2.75, 3.05) is 6.61 Å². The SMILES string of the molecule is CCOC(=O)[C@](C)([Se]c1ccccc1)[C@@H](C)C(C)(C)C. The van der Waals surface area contributed by atoms with Gasteiger partial charge in [-0.15, -0.1) is 0 Å². The van der Waals surface area contributed by atoms with E-state index >= 15 is 0 Å². The summed E-state index contributed by atoms with van der Waals surface area (Å²) < 4.78 is 6.17. The second kappa shape index (κ2) is 6.78. The van der Waals surface area contributed by atoms with E-state index in [4.69, 9.17) is 4.74 Å². The molecule has 0 aliphatic rings. The number of carbonyl (C=O) groups excluding carboxylic acids is 1. The van der Waals surface area contributed by atoms with Crippen LogP contribution < -0.4 is 4.46 Å². The molecule has 1 aromatic rings. The molecule has 0 aliphatic carbocycles. The minimum absolute atomic E-state index is 0.0488. The molecule has 1 aromatic carbocycles. The van der Waals surface area contributed by atoms with Crippen LogP contribution in [-0.4, -0.2) is 27.5 Å². The Labute approximate surface area is 129 Å². The van der Waals surface area contributed by atoms with Crippen molar-refractivity contribution >= 4 is 25.4 Å². The summed E-state index contributed by atoms with van der Waals surface area (Å²) in [6, 6.07) is 10.3. The zero-order valence-corrected chi connectivity index (χ0v) is 15.1. The Kier molecular flexibility index (Phi) is 5.85. The van der Waals surface area contributed by atoms with E-state index in [1.165, 1.54) is 4.46 Å². The zero-order valence-electron chi connectivity index (χ0n) is 13.4. The van der Waals surface area contributed by atoms with Crippen molar-refractivity contribution in [3.8, 4) is 0 Å². The number of rotatable bonds is 5. The molecule has 0 saturated carbocycles. The fourth-order valence-corrected chi connectivity index (χ4v) is 5.19. The van der Waals surface area contributed by atoms with Gasteiger partial charge in [-0.25, -0.2) is 0 Å². The summed E-state index contributed by atoms with van der Waals surface area (Å²) in [5, 5.41) is 0. The molecule has 0 heterocycles. The van der Waals surface area contributed by atoms with Gasteiger partial charge in [-0.1, -0.05) is 0 Å². The number of carbonyl (C=O) groups is 1. The van der Waals surface area contributed by atoms with Crippen molar-refractivity contribution in [1.29, 1.82) is 0 Å². The molecule has 0 amide bonds. The molecule has 0 radical (unpaired) electrons. The second-order valence-corrected chi connectivity index (χ2v) is 9.53. The summed E-state index contributed by atoms with van der Waals surface area (Å²) in [6.07, 6.45) is 0. The fourth-order valence-electron chi connectivity index (χ4n) is 2.14. The molecule has 3 heteroatoms. The monoisotopic (exact) mass is 342 g/mol. The molecular weight excluding hydrogens is 315 g/mol. The van der Waals surface area contributed by atoms with Crippen molar-refractivity contribution in [3.63, 3.8) is 0 Å². The van der Waals surface area contributed by atoms with Crippen LogP contribution in [0.4, 0.5) is 0 Å². The first-order valence-corrected chi connectivity index (χ1v) is 8.84. The maximum atomic E-state index is 12.6. The van der Waals surface area contributed by atoms with Gasteiger partial charge in [0.25, 0.3) is 0 Å². The summed E-state index contributed by atoms with van der Waals surface area (Å²) in [7, 11) is 0. The number of hydrogen-bond donors (Lipinski definition) is 0. The van der Waals surface area contributed by atoms with Gasteiger partial charge in [-0.3, -0.25) is 0 Å². The first-order chi connectivity index (χ1) is 9.21. The van der Waals surface area contributed by atoms with Crippen LogP contribution in [0.5, 0.6) is 0 Å². The summed E-state index contributed by atoms with van der Waals surface area (Å²) in [5.41, 5.74) is 0.0675. The van der Waals surface area contributed by atoms with Gasteiger partial charge in [-0.2, -0.15) is 0 Å². The summed E-state index contributed by atoms with van der Waals surface area (Å²) in [6.45, 7) is 13.1. The summed E-state index contributed by atoms with van der Waals surface area (Å²) in [4.78, 5) is 12.6. The van der Waals surface area contributed by atoms with Crippen LogP contribution >= 0.6 is 0 Å². The predicted octanol–water partition coefficient (Wildman–Crippen LogP) is 3.44. The quantitative estimate of drug-likeness (QED) is 0.606. The van der Waals surface area contributed by atoms with E-state index in [0.717, 1.165) is 0 Å². The average molecular weight is 341 g/mol. The number of ether oxygens (including phenoxy) is 1. The average Bonchev–Trinajstić information content (AvgIpc) is 2.38. The van der Waals surface area contributed by atoms with E-state index in [1.54, 1.807) is 0 Å². The second-order valence-electron chi connectivity index (χ2n) is 6.33. The molecule has 0 saturated heterocycles. The molecule has 0 fully saturated rings. The topological polar surface area (TPSA) is 26.3 Å². The Morgan fingerprint density at radius 2 is 1.75 bits per heavy atom. The van der Waals surface area contributed by atoms with Crippen molar-refractivity contribution in [1.82, 2.24) is 0 Å². The molecule has 0 spiro atoms. The van der Waals surface area contributed by atoms with Crippen LogP contribution in [0.3, 0.4) is 0 Å². The Morgan fingerprint density at radius 1 is 1.20 bits per heavy atom. The molecule has 20 heavy (non-hydrogen) atoms. The van der Waals surface area contributed by atoms with Gasteiger partial charge < -0.3 is 0 Å². The number of benzene rings is 1. The van der Waals surface area contributed by atoms with E-state index in [-0.39, 0.29) is 32.3 Å². The zero-order chi connectivity index (χ0) is 15.4. The van der Waals surface area contributed by atoms with Crippen molar-refractivity contribution in [3.05, 3.63) is 30.3 Å². The van der Waals surface area contributed by atoms with E-state index in [2.05, 4.69) is 46.8 Å². The molecular formula is C17H26O2Se. The van der Waals surface area contributed by atoms with Crippen LogP contribution in [0.15, 0.2) is 30.3 Å². The standard InChI is InChI=1S/C17H26O2Se/c1-7-19-15(18)17(6,13(2)16(3,4)5)20-14-11-9-8-10-12-14/h8-13H,7H2,1-6H3/t13-,17+/m0/s1. The van der Waals surface area contributed by atoms with Crippen LogP contribution in [0, 0.1) is 11.3 Å². The van der Waals surface area contributed by atoms with E-state index < -0.39 is 4.31 Å². The third kappa shape index (κ3) is 4.10. The molecule has 2 atom stereocenters. The molecule has 1 rings (SSSR count). The van der Waals surface area contributed by atoms with E-state index in [9.17, 15) is 4.79 Å². The van der Waals surface area contributed by atoms with Gasteiger partial charge in [-0.05, 0) is 0 Å². The maximum absolute atomic E-state index is 12.6. The van der Waals surface area contributed by atoms with Crippen molar-refractivity contribution < 1.29 is 9.53 Å². The Hall–Kier alpha value is -0.791. The molecule has 0 unspecified atom stereocenters. The first-order valence-electron chi connectivity index (χ1n) is 7.13.